The molecule has 0 nitrogen and oxygen atoms in total. The molecule has 3 fully saturated rings. The highest BCUT2D eigenvalue weighted by Gasteiger charge is 2.68. The minimum atomic E-state index is 0.562. The van der Waals surface area contributed by atoms with E-state index in [1.807, 2.05) is 0 Å². The van der Waals surface area contributed by atoms with Gasteiger partial charge < -0.3 is 0 Å². The second kappa shape index (κ2) is 3.32. The van der Waals surface area contributed by atoms with Crippen molar-refractivity contribution in [3.8, 4) is 0 Å². The lowest BCUT2D eigenvalue weighted by atomic mass is 9.60. The van der Waals surface area contributed by atoms with E-state index in [9.17, 15) is 0 Å². The summed E-state index contributed by atoms with van der Waals surface area (Å²) in [5.74, 6) is 4.98. The predicted octanol–water partition coefficient (Wildman–Crippen LogP) is 4.83. The molecule has 4 aliphatic rings. The molecule has 98 valence electrons. The Labute approximate surface area is 112 Å². The fourth-order valence-corrected chi connectivity index (χ4v) is 6.66. The molecule has 0 heteroatoms. The van der Waals surface area contributed by atoms with Crippen LogP contribution in [0.2, 0.25) is 0 Å². The van der Waals surface area contributed by atoms with Crippen molar-refractivity contribution >= 4 is 0 Å². The van der Waals surface area contributed by atoms with Crippen LogP contribution in [-0.4, -0.2) is 0 Å². The maximum absolute atomic E-state index is 2.61. The fraction of sp³-hybridized carbons (Fsp3) is 0.778. The van der Waals surface area contributed by atoms with Crippen LogP contribution in [0.25, 0.3) is 0 Å². The number of rotatable bonds is 2. The van der Waals surface area contributed by atoms with E-state index in [1.165, 1.54) is 25.7 Å². The van der Waals surface area contributed by atoms with Crippen molar-refractivity contribution in [2.45, 2.75) is 46.5 Å². The molecular weight excluding hydrogens is 216 g/mol. The van der Waals surface area contributed by atoms with Gasteiger partial charge in [0, 0.05) is 0 Å². The first-order chi connectivity index (χ1) is 8.57. The molecule has 18 heavy (non-hydrogen) atoms. The lowest BCUT2D eigenvalue weighted by Crippen LogP contribution is -2.38. The van der Waals surface area contributed by atoms with Crippen molar-refractivity contribution in [3.63, 3.8) is 0 Å². The second-order valence-electron chi connectivity index (χ2n) is 8.08. The van der Waals surface area contributed by atoms with Gasteiger partial charge in [0.15, 0.2) is 0 Å². The van der Waals surface area contributed by atoms with Gasteiger partial charge in [0.25, 0.3) is 0 Å². The van der Waals surface area contributed by atoms with Crippen LogP contribution in [0.4, 0.5) is 0 Å². The fourth-order valence-electron chi connectivity index (χ4n) is 6.66. The van der Waals surface area contributed by atoms with Crippen molar-refractivity contribution in [1.82, 2.24) is 0 Å². The molecule has 0 aromatic rings. The number of allylic oxidation sites excluding steroid dienone is 4. The predicted molar refractivity (Wildman–Crippen MR) is 76.1 cm³/mol. The highest BCUT2D eigenvalue weighted by Crippen LogP contribution is 2.75. The van der Waals surface area contributed by atoms with Gasteiger partial charge in [-0.15, -0.1) is 0 Å². The van der Waals surface area contributed by atoms with Crippen LogP contribution >= 0.6 is 0 Å². The molecule has 4 bridgehead atoms. The van der Waals surface area contributed by atoms with Gasteiger partial charge in [-0.05, 0) is 73.0 Å². The van der Waals surface area contributed by atoms with Crippen LogP contribution in [0.15, 0.2) is 24.3 Å². The van der Waals surface area contributed by atoms with Crippen LogP contribution in [0.3, 0.4) is 0 Å². The smallest absolute Gasteiger partial charge is 0.0107 e. The number of hydrogen-bond donors (Lipinski definition) is 0. The summed E-state index contributed by atoms with van der Waals surface area (Å²) in [5.41, 5.74) is 1.24. The molecule has 7 atom stereocenters. The molecule has 0 radical (unpaired) electrons. The van der Waals surface area contributed by atoms with Crippen LogP contribution < -0.4 is 0 Å². The molecule has 0 aliphatic heterocycles. The molecule has 0 heterocycles. The molecule has 4 aliphatic carbocycles. The minimum absolute atomic E-state index is 0.562. The monoisotopic (exact) mass is 242 g/mol. The van der Waals surface area contributed by atoms with Crippen LogP contribution in [0.5, 0.6) is 0 Å². The van der Waals surface area contributed by atoms with E-state index in [4.69, 9.17) is 0 Å². The van der Waals surface area contributed by atoms with Crippen molar-refractivity contribution in [2.75, 3.05) is 0 Å². The zero-order valence-corrected chi connectivity index (χ0v) is 12.0. The van der Waals surface area contributed by atoms with E-state index in [1.54, 1.807) is 0 Å². The minimum Gasteiger partial charge on any atom is -0.0917 e. The molecule has 3 saturated carbocycles. The summed E-state index contributed by atoms with van der Waals surface area (Å²) in [6.45, 7) is 7.32. The Balaban J connectivity index is 1.69. The lowest BCUT2D eigenvalue weighted by Gasteiger charge is -2.44. The van der Waals surface area contributed by atoms with E-state index in [-0.39, 0.29) is 0 Å². The Morgan fingerprint density at radius 2 is 2.00 bits per heavy atom. The Bertz CT molecular complexity index is 431. The van der Waals surface area contributed by atoms with Crippen LogP contribution in [0.1, 0.15) is 46.5 Å². The Morgan fingerprint density at radius 1 is 1.17 bits per heavy atom. The maximum atomic E-state index is 2.61. The van der Waals surface area contributed by atoms with Crippen molar-refractivity contribution in [1.29, 1.82) is 0 Å². The third-order valence-electron chi connectivity index (χ3n) is 6.99. The Morgan fingerprint density at radius 3 is 2.78 bits per heavy atom. The SMILES string of the molecule is CC=CCC1CC2(C)CC1C1C2C2C=CC1(C)C2. The van der Waals surface area contributed by atoms with Crippen LogP contribution in [-0.2, 0) is 0 Å². The molecule has 0 N–H and O–H groups in total. The Kier molecular flexibility index (Phi) is 2.09. The van der Waals surface area contributed by atoms with Crippen molar-refractivity contribution in [3.05, 3.63) is 24.3 Å². The highest BCUT2D eigenvalue weighted by atomic mass is 14.7. The highest BCUT2D eigenvalue weighted by molar-refractivity contribution is 5.28. The van der Waals surface area contributed by atoms with Gasteiger partial charge in [-0.2, -0.15) is 0 Å². The third kappa shape index (κ3) is 1.18. The lowest BCUT2D eigenvalue weighted by molar-refractivity contribution is 0.0718. The quantitative estimate of drug-likeness (QED) is 0.481. The van der Waals surface area contributed by atoms with E-state index < -0.39 is 0 Å². The first-order valence-corrected chi connectivity index (χ1v) is 7.88. The van der Waals surface area contributed by atoms with Gasteiger partial charge in [-0.25, -0.2) is 0 Å². The van der Waals surface area contributed by atoms with E-state index >= 15 is 0 Å². The van der Waals surface area contributed by atoms with Gasteiger partial charge in [0.1, 0.15) is 0 Å². The first kappa shape index (κ1) is 11.3. The van der Waals surface area contributed by atoms with Crippen molar-refractivity contribution < 1.29 is 0 Å². The Hall–Kier alpha value is -0.520. The molecule has 4 rings (SSSR count). The average molecular weight is 242 g/mol. The second-order valence-corrected chi connectivity index (χ2v) is 8.08. The molecule has 0 aromatic heterocycles. The molecule has 0 amide bonds. The summed E-state index contributed by atoms with van der Waals surface area (Å²) >= 11 is 0. The number of fused-ring (bicyclic) bond motifs is 9. The number of hydrogen-bond acceptors (Lipinski definition) is 0. The maximum Gasteiger partial charge on any atom is -0.0107 e. The third-order valence-corrected chi connectivity index (χ3v) is 6.99. The summed E-state index contributed by atoms with van der Waals surface area (Å²) < 4.78 is 0. The van der Waals surface area contributed by atoms with Crippen molar-refractivity contribution in [2.24, 2.45) is 40.4 Å². The average Bonchev–Trinajstić information content (AvgIpc) is 3.00. The molecule has 7 unspecified atom stereocenters. The van der Waals surface area contributed by atoms with Gasteiger partial charge in [0.05, 0.1) is 0 Å². The van der Waals surface area contributed by atoms with E-state index in [2.05, 4.69) is 45.1 Å². The zero-order valence-electron chi connectivity index (χ0n) is 12.0. The first-order valence-electron chi connectivity index (χ1n) is 7.88. The summed E-state index contributed by atoms with van der Waals surface area (Å²) in [6.07, 6.45) is 15.6. The van der Waals surface area contributed by atoms with Gasteiger partial charge in [-0.3, -0.25) is 0 Å². The molecule has 0 saturated heterocycles. The van der Waals surface area contributed by atoms with Gasteiger partial charge >= 0.3 is 0 Å². The largest absolute Gasteiger partial charge is 0.0917 e. The standard InChI is InChI=1S/C18H26/c1-4-5-6-12-9-18(3)11-14(12)16-15(18)13-7-8-17(16,2)10-13/h4-5,7-8,12-16H,6,9-11H2,1-3H3. The molecular formula is C18H26. The molecule has 0 aromatic carbocycles. The van der Waals surface area contributed by atoms with Gasteiger partial charge in [-0.1, -0.05) is 38.2 Å². The summed E-state index contributed by atoms with van der Waals surface area (Å²) in [6, 6.07) is 0. The van der Waals surface area contributed by atoms with E-state index in [0.29, 0.717) is 10.8 Å². The topological polar surface area (TPSA) is 0 Å². The van der Waals surface area contributed by atoms with E-state index in [0.717, 1.165) is 29.6 Å². The molecule has 0 spiro atoms. The summed E-state index contributed by atoms with van der Waals surface area (Å²) in [5, 5.41) is 0. The summed E-state index contributed by atoms with van der Waals surface area (Å²) in [4.78, 5) is 0. The zero-order chi connectivity index (χ0) is 12.5. The normalized spacial score (nSPS) is 60.1. The van der Waals surface area contributed by atoms with Gasteiger partial charge in [0.2, 0.25) is 0 Å². The van der Waals surface area contributed by atoms with Crippen LogP contribution in [0, 0.1) is 40.4 Å². The summed E-state index contributed by atoms with van der Waals surface area (Å²) in [7, 11) is 0.